The summed E-state index contributed by atoms with van der Waals surface area (Å²) in [6.45, 7) is 8.14. The molecule has 0 atom stereocenters. The maximum atomic E-state index is 7.65. The van der Waals surface area contributed by atoms with E-state index in [-0.39, 0.29) is 5.84 Å². The largest absolute Gasteiger partial charge is 0.456 e. The van der Waals surface area contributed by atoms with Crippen molar-refractivity contribution in [1.82, 2.24) is 0 Å². The second kappa shape index (κ2) is 5.37. The number of nitrogens with one attached hydrogen (secondary N) is 1. The van der Waals surface area contributed by atoms with Crippen LogP contribution in [-0.4, -0.2) is 5.84 Å². The minimum atomic E-state index is 0.0158. The highest BCUT2D eigenvalue weighted by Crippen LogP contribution is 2.31. The topological polar surface area (TPSA) is 59.1 Å². The van der Waals surface area contributed by atoms with E-state index in [2.05, 4.69) is 13.0 Å². The Labute approximate surface area is 119 Å². The van der Waals surface area contributed by atoms with Crippen molar-refractivity contribution in [3.63, 3.8) is 0 Å². The lowest BCUT2D eigenvalue weighted by molar-refractivity contribution is 0.476. The molecule has 0 aliphatic heterocycles. The van der Waals surface area contributed by atoms with Gasteiger partial charge in [0.1, 0.15) is 17.3 Å². The first kappa shape index (κ1) is 14.1. The van der Waals surface area contributed by atoms with Crippen molar-refractivity contribution in [3.8, 4) is 11.5 Å². The molecule has 0 saturated carbocycles. The summed E-state index contributed by atoms with van der Waals surface area (Å²) in [7, 11) is 0. The van der Waals surface area contributed by atoms with Gasteiger partial charge >= 0.3 is 0 Å². The number of hydrogen-bond acceptors (Lipinski definition) is 2. The third kappa shape index (κ3) is 2.82. The fourth-order valence-corrected chi connectivity index (χ4v) is 2.16. The Morgan fingerprint density at radius 3 is 2.25 bits per heavy atom. The van der Waals surface area contributed by atoms with Crippen LogP contribution in [0.4, 0.5) is 0 Å². The van der Waals surface area contributed by atoms with Crippen molar-refractivity contribution < 1.29 is 4.74 Å². The van der Waals surface area contributed by atoms with Crippen LogP contribution in [0.25, 0.3) is 0 Å². The number of rotatable bonds is 3. The third-order valence-electron chi connectivity index (χ3n) is 3.41. The number of hydrogen-bond donors (Lipinski definition) is 2. The molecule has 20 heavy (non-hydrogen) atoms. The molecule has 0 aliphatic rings. The van der Waals surface area contributed by atoms with Gasteiger partial charge in [0.15, 0.2) is 0 Å². The van der Waals surface area contributed by atoms with Crippen LogP contribution < -0.4 is 10.5 Å². The highest BCUT2D eigenvalue weighted by Gasteiger charge is 2.11. The fourth-order valence-electron chi connectivity index (χ4n) is 2.16. The van der Waals surface area contributed by atoms with E-state index >= 15 is 0 Å². The summed E-state index contributed by atoms with van der Waals surface area (Å²) < 4.78 is 6.02. The lowest BCUT2D eigenvalue weighted by Gasteiger charge is -2.15. The van der Waals surface area contributed by atoms with Crippen molar-refractivity contribution in [1.29, 1.82) is 5.41 Å². The molecule has 0 unspecified atom stereocenters. The smallest absolute Gasteiger partial charge is 0.138 e. The van der Waals surface area contributed by atoms with Crippen molar-refractivity contribution in [2.45, 2.75) is 27.7 Å². The van der Waals surface area contributed by atoms with Gasteiger partial charge < -0.3 is 10.5 Å². The van der Waals surface area contributed by atoms with Crippen molar-refractivity contribution in [2.75, 3.05) is 0 Å². The van der Waals surface area contributed by atoms with Gasteiger partial charge in [-0.25, -0.2) is 0 Å². The van der Waals surface area contributed by atoms with E-state index in [4.69, 9.17) is 15.9 Å². The van der Waals surface area contributed by atoms with Gasteiger partial charge in [-0.15, -0.1) is 0 Å². The third-order valence-corrected chi connectivity index (χ3v) is 3.41. The fraction of sp³-hybridized carbons (Fsp3) is 0.235. The maximum Gasteiger partial charge on any atom is 0.138 e. The number of amidine groups is 1. The second-order valence-corrected chi connectivity index (χ2v) is 5.22. The van der Waals surface area contributed by atoms with Gasteiger partial charge in [-0.3, -0.25) is 5.41 Å². The molecule has 0 amide bonds. The predicted molar refractivity (Wildman–Crippen MR) is 82.9 cm³/mol. The minimum absolute atomic E-state index is 0.0158. The van der Waals surface area contributed by atoms with Crippen LogP contribution >= 0.6 is 0 Å². The Kier molecular flexibility index (Phi) is 3.79. The summed E-state index contributed by atoms with van der Waals surface area (Å²) in [5.74, 6) is 1.46. The van der Waals surface area contributed by atoms with Crippen LogP contribution in [0.2, 0.25) is 0 Å². The van der Waals surface area contributed by atoms with E-state index in [9.17, 15) is 0 Å². The van der Waals surface area contributed by atoms with Gasteiger partial charge in [-0.2, -0.15) is 0 Å². The molecule has 3 heteroatoms. The van der Waals surface area contributed by atoms with Crippen LogP contribution in [0.3, 0.4) is 0 Å². The Morgan fingerprint density at radius 2 is 1.60 bits per heavy atom. The first-order chi connectivity index (χ1) is 9.38. The molecule has 0 heterocycles. The first-order valence-electron chi connectivity index (χ1n) is 6.59. The van der Waals surface area contributed by atoms with Crippen LogP contribution in [-0.2, 0) is 0 Å². The molecule has 0 saturated heterocycles. The van der Waals surface area contributed by atoms with Crippen LogP contribution in [0, 0.1) is 33.1 Å². The number of nitrogens with two attached hydrogens (primary N) is 1. The van der Waals surface area contributed by atoms with Crippen LogP contribution in [0.15, 0.2) is 30.3 Å². The Morgan fingerprint density at radius 1 is 0.950 bits per heavy atom. The molecule has 0 spiro atoms. The molecule has 0 aromatic heterocycles. The van der Waals surface area contributed by atoms with E-state index in [1.165, 1.54) is 5.56 Å². The lowest BCUT2D eigenvalue weighted by atomic mass is 10.1. The van der Waals surface area contributed by atoms with Gasteiger partial charge in [-0.1, -0.05) is 12.1 Å². The summed E-state index contributed by atoms with van der Waals surface area (Å²) in [6, 6.07) is 9.80. The van der Waals surface area contributed by atoms with Gasteiger partial charge in [0.25, 0.3) is 0 Å². The standard InChI is InChI=1S/C17H20N2O/c1-10-5-6-14(17(18)19)16(8-10)20-15-9-11(2)7-12(3)13(15)4/h5-9H,1-4H3,(H3,18,19). The SMILES string of the molecule is Cc1ccc(C(=N)N)c(Oc2cc(C)cc(C)c2C)c1. The summed E-state index contributed by atoms with van der Waals surface area (Å²) in [4.78, 5) is 0. The summed E-state index contributed by atoms with van der Waals surface area (Å²) in [6.07, 6.45) is 0. The molecule has 0 radical (unpaired) electrons. The van der Waals surface area contributed by atoms with Crippen molar-refractivity contribution in [2.24, 2.45) is 5.73 Å². The second-order valence-electron chi connectivity index (χ2n) is 5.22. The molecule has 3 N–H and O–H groups in total. The van der Waals surface area contributed by atoms with Crippen LogP contribution in [0.5, 0.6) is 11.5 Å². The van der Waals surface area contributed by atoms with E-state index < -0.39 is 0 Å². The van der Waals surface area contributed by atoms with E-state index in [0.29, 0.717) is 11.3 Å². The Bertz CT molecular complexity index is 675. The maximum absolute atomic E-state index is 7.65. The molecular formula is C17H20N2O. The number of benzene rings is 2. The van der Waals surface area contributed by atoms with E-state index in [1.807, 2.05) is 45.0 Å². The molecule has 2 aromatic carbocycles. The Hall–Kier alpha value is -2.29. The highest BCUT2D eigenvalue weighted by molar-refractivity contribution is 5.97. The highest BCUT2D eigenvalue weighted by atomic mass is 16.5. The van der Waals surface area contributed by atoms with Gasteiger partial charge in [0.2, 0.25) is 0 Å². The zero-order valence-corrected chi connectivity index (χ0v) is 12.4. The molecular weight excluding hydrogens is 248 g/mol. The quantitative estimate of drug-likeness (QED) is 0.653. The van der Waals surface area contributed by atoms with Gasteiger partial charge in [0, 0.05) is 0 Å². The Balaban J connectivity index is 2.50. The molecule has 0 fully saturated rings. The average molecular weight is 268 g/mol. The monoisotopic (exact) mass is 268 g/mol. The zero-order chi connectivity index (χ0) is 14.9. The number of aryl methyl sites for hydroxylation is 3. The number of ether oxygens (including phenoxy) is 1. The number of nitrogen functional groups attached to an aromatic ring is 1. The lowest BCUT2D eigenvalue weighted by Crippen LogP contribution is -2.12. The molecule has 0 aliphatic carbocycles. The molecule has 2 aromatic rings. The van der Waals surface area contributed by atoms with E-state index in [0.717, 1.165) is 22.4 Å². The van der Waals surface area contributed by atoms with Crippen LogP contribution in [0.1, 0.15) is 27.8 Å². The minimum Gasteiger partial charge on any atom is -0.456 e. The molecule has 104 valence electrons. The van der Waals surface area contributed by atoms with Gasteiger partial charge in [0.05, 0.1) is 5.56 Å². The van der Waals surface area contributed by atoms with Gasteiger partial charge in [-0.05, 0) is 68.1 Å². The molecule has 3 nitrogen and oxygen atoms in total. The van der Waals surface area contributed by atoms with Crippen molar-refractivity contribution in [3.05, 3.63) is 58.1 Å². The van der Waals surface area contributed by atoms with Crippen molar-refractivity contribution >= 4 is 5.84 Å². The average Bonchev–Trinajstić information content (AvgIpc) is 2.35. The zero-order valence-electron chi connectivity index (χ0n) is 12.4. The molecule has 2 rings (SSSR count). The summed E-state index contributed by atoms with van der Waals surface area (Å²) in [5.41, 5.74) is 10.8. The summed E-state index contributed by atoms with van der Waals surface area (Å²) in [5, 5.41) is 7.65. The summed E-state index contributed by atoms with van der Waals surface area (Å²) >= 11 is 0. The first-order valence-corrected chi connectivity index (χ1v) is 6.59. The predicted octanol–water partition coefficient (Wildman–Crippen LogP) is 4.00. The normalized spacial score (nSPS) is 10.4. The molecule has 0 bridgehead atoms. The van der Waals surface area contributed by atoms with E-state index in [1.54, 1.807) is 0 Å².